The summed E-state index contributed by atoms with van der Waals surface area (Å²) in [6, 6.07) is 0. The van der Waals surface area contributed by atoms with E-state index in [1.54, 1.807) is 0 Å². The van der Waals surface area contributed by atoms with Crippen LogP contribution in [0.4, 0.5) is 0 Å². The largest absolute Gasteiger partial charge is 0.434 e. The number of ether oxygens (including phenoxy) is 1. The summed E-state index contributed by atoms with van der Waals surface area (Å²) >= 11 is 0. The number of hydrogen-bond acceptors (Lipinski definition) is 4. The van der Waals surface area contributed by atoms with E-state index in [9.17, 15) is 4.79 Å². The Balaban J connectivity index is 2.32. The van der Waals surface area contributed by atoms with Crippen LogP contribution in [-0.4, -0.2) is 12.3 Å². The van der Waals surface area contributed by atoms with Crippen molar-refractivity contribution in [2.45, 2.75) is 19.1 Å². The van der Waals surface area contributed by atoms with Gasteiger partial charge in [-0.25, -0.2) is 5.90 Å². The third kappa shape index (κ3) is 0.962. The predicted octanol–water partition coefficient (Wildman–Crippen LogP) is -0.460. The highest BCUT2D eigenvalue weighted by Gasteiger charge is 2.22. The van der Waals surface area contributed by atoms with Crippen LogP contribution >= 0.6 is 0 Å². The molecule has 1 aliphatic rings. The third-order valence-corrected chi connectivity index (χ3v) is 0.999. The molecule has 1 unspecified atom stereocenters. The number of cyclic esters (lactones) is 1. The van der Waals surface area contributed by atoms with Gasteiger partial charge in [-0.3, -0.25) is 9.63 Å². The Morgan fingerprint density at radius 2 is 2.62 bits per heavy atom. The van der Waals surface area contributed by atoms with Crippen molar-refractivity contribution < 1.29 is 14.4 Å². The van der Waals surface area contributed by atoms with Crippen LogP contribution in [-0.2, 0) is 14.4 Å². The normalized spacial score (nSPS) is 28.1. The van der Waals surface area contributed by atoms with Crippen molar-refractivity contribution in [2.24, 2.45) is 5.90 Å². The molecule has 0 aromatic heterocycles. The van der Waals surface area contributed by atoms with Gasteiger partial charge in [0.05, 0.1) is 6.42 Å². The van der Waals surface area contributed by atoms with E-state index in [2.05, 4.69) is 9.57 Å². The van der Waals surface area contributed by atoms with Gasteiger partial charge < -0.3 is 4.74 Å². The van der Waals surface area contributed by atoms with Crippen LogP contribution < -0.4 is 5.90 Å². The fourth-order valence-electron chi connectivity index (χ4n) is 0.596. The summed E-state index contributed by atoms with van der Waals surface area (Å²) in [4.78, 5) is 14.5. The molecule has 0 aliphatic carbocycles. The zero-order chi connectivity index (χ0) is 5.98. The lowest BCUT2D eigenvalue weighted by atomic mass is 10.4. The number of nitrogens with two attached hydrogens (primary N) is 1. The van der Waals surface area contributed by atoms with E-state index in [0.29, 0.717) is 12.8 Å². The van der Waals surface area contributed by atoms with Gasteiger partial charge in [0.1, 0.15) is 0 Å². The van der Waals surface area contributed by atoms with Gasteiger partial charge in [0.15, 0.2) is 0 Å². The highest BCUT2D eigenvalue weighted by Crippen LogP contribution is 2.12. The van der Waals surface area contributed by atoms with Gasteiger partial charge in [-0.2, -0.15) is 0 Å². The Bertz CT molecular complexity index is 103. The number of hydrogen-bond donors (Lipinski definition) is 1. The van der Waals surface area contributed by atoms with Crippen molar-refractivity contribution in [1.82, 2.24) is 0 Å². The summed E-state index contributed by atoms with van der Waals surface area (Å²) in [5, 5.41) is 0. The minimum atomic E-state index is -0.498. The molecule has 4 nitrogen and oxygen atoms in total. The average molecular weight is 117 g/mol. The Morgan fingerprint density at radius 3 is 2.88 bits per heavy atom. The van der Waals surface area contributed by atoms with Crippen LogP contribution in [0.2, 0.25) is 0 Å². The molecule has 1 fully saturated rings. The van der Waals surface area contributed by atoms with Crippen molar-refractivity contribution in [3.63, 3.8) is 0 Å². The first kappa shape index (κ1) is 5.53. The second-order valence-electron chi connectivity index (χ2n) is 1.59. The van der Waals surface area contributed by atoms with Crippen LogP contribution in [0.25, 0.3) is 0 Å². The first-order valence-electron chi connectivity index (χ1n) is 2.38. The van der Waals surface area contributed by atoms with Gasteiger partial charge in [0.2, 0.25) is 6.29 Å². The summed E-state index contributed by atoms with van der Waals surface area (Å²) in [6.07, 6.45) is 0.500. The number of rotatable bonds is 1. The maximum absolute atomic E-state index is 10.3. The van der Waals surface area contributed by atoms with E-state index < -0.39 is 6.29 Å². The maximum atomic E-state index is 10.3. The second-order valence-corrected chi connectivity index (χ2v) is 1.59. The van der Waals surface area contributed by atoms with Gasteiger partial charge in [-0.1, -0.05) is 0 Å². The lowest BCUT2D eigenvalue weighted by Crippen LogP contribution is -2.15. The van der Waals surface area contributed by atoms with Crippen LogP contribution in [0, 0.1) is 0 Å². The summed E-state index contributed by atoms with van der Waals surface area (Å²) < 4.78 is 4.52. The molecule has 0 aromatic carbocycles. The molecular formula is C4H7NO3. The van der Waals surface area contributed by atoms with E-state index in [4.69, 9.17) is 5.90 Å². The summed E-state index contributed by atoms with van der Waals surface area (Å²) in [7, 11) is 0. The molecule has 0 saturated carbocycles. The molecular weight excluding hydrogens is 110 g/mol. The molecule has 2 N–H and O–H groups in total. The van der Waals surface area contributed by atoms with Gasteiger partial charge in [-0.15, -0.1) is 0 Å². The highest BCUT2D eigenvalue weighted by atomic mass is 16.8. The molecule has 0 bridgehead atoms. The van der Waals surface area contributed by atoms with Crippen molar-refractivity contribution in [1.29, 1.82) is 0 Å². The molecule has 1 atom stereocenters. The molecule has 0 amide bonds. The Hall–Kier alpha value is -0.610. The quantitative estimate of drug-likeness (QED) is 0.373. The summed E-state index contributed by atoms with van der Waals surface area (Å²) in [5.74, 6) is 4.48. The lowest BCUT2D eigenvalue weighted by molar-refractivity contribution is -0.163. The van der Waals surface area contributed by atoms with Crippen LogP contribution in [0.3, 0.4) is 0 Å². The van der Waals surface area contributed by atoms with E-state index in [1.165, 1.54) is 0 Å². The first-order chi connectivity index (χ1) is 3.83. The highest BCUT2D eigenvalue weighted by molar-refractivity contribution is 5.71. The molecule has 0 aromatic rings. The van der Waals surface area contributed by atoms with Crippen LogP contribution in [0.1, 0.15) is 12.8 Å². The zero-order valence-corrected chi connectivity index (χ0v) is 4.29. The summed E-state index contributed by atoms with van der Waals surface area (Å²) in [6.45, 7) is 0. The third-order valence-electron chi connectivity index (χ3n) is 0.999. The van der Waals surface area contributed by atoms with E-state index in [1.807, 2.05) is 0 Å². The number of esters is 1. The SMILES string of the molecule is NOC1CCC(=O)O1. The monoisotopic (exact) mass is 117 g/mol. The average Bonchev–Trinajstić information content (AvgIpc) is 2.14. The second kappa shape index (κ2) is 2.11. The van der Waals surface area contributed by atoms with Crippen molar-refractivity contribution in [3.05, 3.63) is 0 Å². The Morgan fingerprint density at radius 1 is 1.88 bits per heavy atom. The van der Waals surface area contributed by atoms with Crippen molar-refractivity contribution in [3.8, 4) is 0 Å². The molecule has 0 radical (unpaired) electrons. The molecule has 1 heterocycles. The number of carbonyl (C=O) groups is 1. The van der Waals surface area contributed by atoms with Crippen molar-refractivity contribution in [2.75, 3.05) is 0 Å². The van der Waals surface area contributed by atoms with Gasteiger partial charge >= 0.3 is 5.97 Å². The van der Waals surface area contributed by atoms with E-state index in [0.717, 1.165) is 0 Å². The summed E-state index contributed by atoms with van der Waals surface area (Å²) in [5.41, 5.74) is 0. The molecule has 0 spiro atoms. The van der Waals surface area contributed by atoms with Gasteiger partial charge in [0.25, 0.3) is 0 Å². The molecule has 1 rings (SSSR count). The van der Waals surface area contributed by atoms with Crippen LogP contribution in [0.5, 0.6) is 0 Å². The number of carbonyl (C=O) groups excluding carboxylic acids is 1. The standard InChI is InChI=1S/C4H7NO3/c5-8-4-2-1-3(6)7-4/h4H,1-2,5H2. The van der Waals surface area contributed by atoms with Crippen LogP contribution in [0.15, 0.2) is 0 Å². The Labute approximate surface area is 46.5 Å². The van der Waals surface area contributed by atoms with Crippen molar-refractivity contribution >= 4 is 5.97 Å². The minimum absolute atomic E-state index is 0.236. The zero-order valence-electron chi connectivity index (χ0n) is 4.29. The molecule has 1 saturated heterocycles. The molecule has 4 heteroatoms. The van der Waals surface area contributed by atoms with Gasteiger partial charge in [-0.05, 0) is 0 Å². The first-order valence-corrected chi connectivity index (χ1v) is 2.38. The van der Waals surface area contributed by atoms with E-state index >= 15 is 0 Å². The fraction of sp³-hybridized carbons (Fsp3) is 0.750. The predicted molar refractivity (Wildman–Crippen MR) is 24.4 cm³/mol. The Kier molecular flexibility index (Phi) is 1.45. The van der Waals surface area contributed by atoms with Gasteiger partial charge in [0, 0.05) is 6.42 Å². The fourth-order valence-corrected chi connectivity index (χ4v) is 0.596. The minimum Gasteiger partial charge on any atom is -0.434 e. The molecule has 46 valence electrons. The smallest absolute Gasteiger partial charge is 0.308 e. The molecule has 1 aliphatic heterocycles. The topological polar surface area (TPSA) is 61.5 Å². The maximum Gasteiger partial charge on any atom is 0.308 e. The molecule has 8 heavy (non-hydrogen) atoms. The van der Waals surface area contributed by atoms with E-state index in [-0.39, 0.29) is 5.97 Å². The lowest BCUT2D eigenvalue weighted by Gasteiger charge is -2.02.